The van der Waals surface area contributed by atoms with Crippen molar-refractivity contribution in [3.63, 3.8) is 0 Å². The van der Waals surface area contributed by atoms with Crippen molar-refractivity contribution < 1.29 is 14.7 Å². The summed E-state index contributed by atoms with van der Waals surface area (Å²) in [5.41, 5.74) is 0. The Balaban J connectivity index is 1.94. The molecule has 0 saturated heterocycles. The predicted molar refractivity (Wildman–Crippen MR) is 68.1 cm³/mol. The number of amides is 1. The number of carbonyl (C=O) groups is 2. The van der Waals surface area contributed by atoms with Gasteiger partial charge in [0.25, 0.3) is 0 Å². The number of nitrogens with zero attached hydrogens (tertiary/aromatic N) is 2. The third-order valence-corrected chi connectivity index (χ3v) is 3.76. The molecule has 1 aromatic heterocycles. The normalized spacial score (nSPS) is 23.0. The van der Waals surface area contributed by atoms with E-state index in [0.717, 1.165) is 18.7 Å². The summed E-state index contributed by atoms with van der Waals surface area (Å²) in [4.78, 5) is 27.4. The lowest BCUT2D eigenvalue weighted by Crippen LogP contribution is -2.39. The van der Waals surface area contributed by atoms with Crippen LogP contribution in [0.1, 0.15) is 31.5 Å². The van der Waals surface area contributed by atoms with Crippen molar-refractivity contribution in [2.75, 3.05) is 0 Å². The van der Waals surface area contributed by atoms with E-state index in [0.29, 0.717) is 19.4 Å². The van der Waals surface area contributed by atoms with Crippen LogP contribution in [0.2, 0.25) is 0 Å². The molecule has 0 spiro atoms. The first kappa shape index (κ1) is 13.6. The van der Waals surface area contributed by atoms with Crippen LogP contribution in [-0.4, -0.2) is 26.5 Å². The fourth-order valence-electron chi connectivity index (χ4n) is 2.60. The molecule has 1 amide bonds. The molecular weight excluding hydrogens is 246 g/mol. The Bertz CT molecular complexity index is 469. The molecule has 0 bridgehead atoms. The minimum atomic E-state index is -0.864. The quantitative estimate of drug-likeness (QED) is 0.848. The molecule has 1 heterocycles. The summed E-state index contributed by atoms with van der Waals surface area (Å²) in [5, 5.41) is 12.0. The first-order valence-corrected chi connectivity index (χ1v) is 6.56. The van der Waals surface area contributed by atoms with Gasteiger partial charge >= 0.3 is 5.97 Å². The Morgan fingerprint density at radius 2 is 2.11 bits per heavy atom. The van der Waals surface area contributed by atoms with Crippen molar-refractivity contribution in [1.82, 2.24) is 14.9 Å². The molecule has 19 heavy (non-hydrogen) atoms. The minimum absolute atomic E-state index is 0.171. The van der Waals surface area contributed by atoms with E-state index in [1.165, 1.54) is 0 Å². The van der Waals surface area contributed by atoms with Gasteiger partial charge in [0.1, 0.15) is 5.82 Å². The highest BCUT2D eigenvalue weighted by molar-refractivity contribution is 5.84. The van der Waals surface area contributed by atoms with Crippen LogP contribution in [-0.2, 0) is 23.2 Å². The van der Waals surface area contributed by atoms with Crippen molar-refractivity contribution in [3.05, 3.63) is 18.2 Å². The van der Waals surface area contributed by atoms with E-state index in [4.69, 9.17) is 5.11 Å². The molecule has 1 aliphatic carbocycles. The lowest BCUT2D eigenvalue weighted by molar-refractivity contribution is -0.148. The minimum Gasteiger partial charge on any atom is -0.481 e. The summed E-state index contributed by atoms with van der Waals surface area (Å²) in [7, 11) is 1.86. The van der Waals surface area contributed by atoms with Crippen molar-refractivity contribution in [1.29, 1.82) is 0 Å². The van der Waals surface area contributed by atoms with Crippen molar-refractivity contribution in [2.24, 2.45) is 18.9 Å². The Kier molecular flexibility index (Phi) is 4.19. The summed E-state index contributed by atoms with van der Waals surface area (Å²) in [5.74, 6) is -1.23. The molecule has 6 heteroatoms. The van der Waals surface area contributed by atoms with E-state index in [2.05, 4.69) is 10.3 Å². The first-order chi connectivity index (χ1) is 9.09. The zero-order chi connectivity index (χ0) is 13.8. The summed E-state index contributed by atoms with van der Waals surface area (Å²) in [6.07, 6.45) is 6.54. The number of carbonyl (C=O) groups excluding carboxylic acids is 1. The molecule has 1 aromatic rings. The van der Waals surface area contributed by atoms with Gasteiger partial charge in [-0.3, -0.25) is 9.59 Å². The molecule has 1 saturated carbocycles. The maximum absolute atomic E-state index is 12.1. The van der Waals surface area contributed by atoms with E-state index < -0.39 is 17.8 Å². The monoisotopic (exact) mass is 265 g/mol. The Labute approximate surface area is 111 Å². The van der Waals surface area contributed by atoms with Gasteiger partial charge in [-0.25, -0.2) is 4.98 Å². The molecule has 6 nitrogen and oxygen atoms in total. The third kappa shape index (κ3) is 3.13. The topological polar surface area (TPSA) is 84.2 Å². The summed E-state index contributed by atoms with van der Waals surface area (Å²) in [6, 6.07) is 0. The van der Waals surface area contributed by atoms with Crippen molar-refractivity contribution in [3.8, 4) is 0 Å². The molecule has 0 aromatic carbocycles. The maximum Gasteiger partial charge on any atom is 0.307 e. The van der Waals surface area contributed by atoms with Gasteiger partial charge in [0, 0.05) is 19.4 Å². The number of hydrogen-bond acceptors (Lipinski definition) is 3. The number of nitrogens with one attached hydrogen (secondary N) is 1. The highest BCUT2D eigenvalue weighted by Crippen LogP contribution is 2.30. The molecule has 2 N–H and O–H groups in total. The average Bonchev–Trinajstić information content (AvgIpc) is 2.81. The van der Waals surface area contributed by atoms with E-state index >= 15 is 0 Å². The lowest BCUT2D eigenvalue weighted by atomic mass is 9.79. The van der Waals surface area contributed by atoms with Gasteiger partial charge in [-0.1, -0.05) is 12.8 Å². The predicted octanol–water partition coefficient (Wildman–Crippen LogP) is 0.927. The SMILES string of the molecule is Cn1ccnc1CNC(=O)C1CCCCC1C(=O)O. The Morgan fingerprint density at radius 3 is 2.68 bits per heavy atom. The van der Waals surface area contributed by atoms with Crippen LogP contribution < -0.4 is 5.32 Å². The average molecular weight is 265 g/mol. The Hall–Kier alpha value is -1.85. The van der Waals surface area contributed by atoms with Crippen LogP contribution in [0, 0.1) is 11.8 Å². The van der Waals surface area contributed by atoms with E-state index in [9.17, 15) is 9.59 Å². The number of imidazole rings is 1. The van der Waals surface area contributed by atoms with Gasteiger partial charge in [0.2, 0.25) is 5.91 Å². The zero-order valence-corrected chi connectivity index (χ0v) is 11.0. The summed E-state index contributed by atoms with van der Waals surface area (Å²) in [6.45, 7) is 0.338. The second-order valence-electron chi connectivity index (χ2n) is 5.01. The Morgan fingerprint density at radius 1 is 1.42 bits per heavy atom. The van der Waals surface area contributed by atoms with Crippen LogP contribution in [0.5, 0.6) is 0 Å². The van der Waals surface area contributed by atoms with Crippen LogP contribution in [0.25, 0.3) is 0 Å². The van der Waals surface area contributed by atoms with Gasteiger partial charge in [-0.05, 0) is 12.8 Å². The summed E-state index contributed by atoms with van der Waals surface area (Å²) >= 11 is 0. The standard InChI is InChI=1S/C13H19N3O3/c1-16-7-6-14-11(16)8-15-12(17)9-4-2-3-5-10(9)13(18)19/h6-7,9-10H,2-5,8H2,1H3,(H,15,17)(H,18,19). The molecule has 0 aliphatic heterocycles. The van der Waals surface area contributed by atoms with Crippen molar-refractivity contribution >= 4 is 11.9 Å². The highest BCUT2D eigenvalue weighted by atomic mass is 16.4. The third-order valence-electron chi connectivity index (χ3n) is 3.76. The van der Waals surface area contributed by atoms with Gasteiger partial charge in [0.15, 0.2) is 0 Å². The van der Waals surface area contributed by atoms with Crippen LogP contribution in [0.4, 0.5) is 0 Å². The van der Waals surface area contributed by atoms with Crippen LogP contribution in [0.15, 0.2) is 12.4 Å². The number of aryl methyl sites for hydroxylation is 1. The van der Waals surface area contributed by atoms with Gasteiger partial charge in [0.05, 0.1) is 18.4 Å². The zero-order valence-electron chi connectivity index (χ0n) is 11.0. The van der Waals surface area contributed by atoms with Gasteiger partial charge in [-0.15, -0.1) is 0 Å². The lowest BCUT2D eigenvalue weighted by Gasteiger charge is -2.27. The van der Waals surface area contributed by atoms with E-state index in [1.54, 1.807) is 6.20 Å². The molecule has 2 unspecified atom stereocenters. The summed E-state index contributed by atoms with van der Waals surface area (Å²) < 4.78 is 1.83. The molecule has 1 aliphatic rings. The molecular formula is C13H19N3O3. The molecule has 2 rings (SSSR count). The number of aliphatic carboxylic acids is 1. The molecule has 0 radical (unpaired) electrons. The largest absolute Gasteiger partial charge is 0.481 e. The molecule has 2 atom stereocenters. The van der Waals surface area contributed by atoms with E-state index in [-0.39, 0.29) is 5.91 Å². The van der Waals surface area contributed by atoms with Crippen LogP contribution >= 0.6 is 0 Å². The molecule has 1 fully saturated rings. The number of hydrogen-bond donors (Lipinski definition) is 2. The van der Waals surface area contributed by atoms with Crippen LogP contribution in [0.3, 0.4) is 0 Å². The second kappa shape index (κ2) is 5.86. The number of carboxylic acid groups (broad SMARTS) is 1. The highest BCUT2D eigenvalue weighted by Gasteiger charge is 2.35. The van der Waals surface area contributed by atoms with Gasteiger partial charge < -0.3 is 15.0 Å². The maximum atomic E-state index is 12.1. The first-order valence-electron chi connectivity index (χ1n) is 6.56. The number of aromatic nitrogens is 2. The smallest absolute Gasteiger partial charge is 0.307 e. The fourth-order valence-corrected chi connectivity index (χ4v) is 2.60. The number of rotatable bonds is 4. The van der Waals surface area contributed by atoms with Gasteiger partial charge in [-0.2, -0.15) is 0 Å². The second-order valence-corrected chi connectivity index (χ2v) is 5.01. The number of carboxylic acids is 1. The van der Waals surface area contributed by atoms with Crippen molar-refractivity contribution in [2.45, 2.75) is 32.2 Å². The fraction of sp³-hybridized carbons (Fsp3) is 0.615. The molecule has 104 valence electrons. The van der Waals surface area contributed by atoms with E-state index in [1.807, 2.05) is 17.8 Å².